The highest BCUT2D eigenvalue weighted by atomic mass is 79.9. The van der Waals surface area contributed by atoms with Crippen molar-refractivity contribution in [1.82, 2.24) is 4.98 Å². The molecule has 0 amide bonds. The van der Waals surface area contributed by atoms with E-state index >= 15 is 0 Å². The van der Waals surface area contributed by atoms with Crippen LogP contribution >= 0.6 is 31.9 Å². The monoisotopic (exact) mass is 349 g/mol. The predicted molar refractivity (Wildman–Crippen MR) is 73.4 cm³/mol. The molecule has 0 bridgehead atoms. The lowest BCUT2D eigenvalue weighted by atomic mass is 10.1. The van der Waals surface area contributed by atoms with E-state index in [1.54, 1.807) is 6.20 Å². The van der Waals surface area contributed by atoms with Crippen molar-refractivity contribution in [3.05, 3.63) is 26.9 Å². The largest absolute Gasteiger partial charge is 0.387 e. The van der Waals surface area contributed by atoms with Crippen LogP contribution in [0.4, 0.5) is 0 Å². The van der Waals surface area contributed by atoms with Crippen molar-refractivity contribution in [3.8, 4) is 0 Å². The number of hydrogen-bond acceptors (Lipinski definition) is 2. The van der Waals surface area contributed by atoms with Gasteiger partial charge in [0.15, 0.2) is 0 Å². The Bertz CT molecular complexity index is 331. The summed E-state index contributed by atoms with van der Waals surface area (Å²) in [6, 6.07) is 1.91. The first-order valence-corrected chi connectivity index (χ1v) is 7.22. The zero-order valence-electron chi connectivity index (χ0n) is 9.42. The number of nitrogens with zero attached hydrogens (tertiary/aromatic N) is 1. The third kappa shape index (κ3) is 4.52. The highest BCUT2D eigenvalue weighted by Crippen LogP contribution is 2.27. The fraction of sp³-hybridized carbons (Fsp3) is 0.583. The lowest BCUT2D eigenvalue weighted by Gasteiger charge is -2.11. The molecule has 0 aromatic carbocycles. The van der Waals surface area contributed by atoms with Gasteiger partial charge in [-0.3, -0.25) is 4.98 Å². The minimum Gasteiger partial charge on any atom is -0.387 e. The number of aliphatic hydroxyl groups is 1. The van der Waals surface area contributed by atoms with Crippen LogP contribution in [0.5, 0.6) is 0 Å². The number of aromatic nitrogens is 1. The smallest absolute Gasteiger partial charge is 0.0971 e. The van der Waals surface area contributed by atoms with E-state index in [1.807, 2.05) is 6.07 Å². The molecule has 2 nitrogen and oxygen atoms in total. The van der Waals surface area contributed by atoms with Crippen LogP contribution < -0.4 is 0 Å². The first-order valence-electron chi connectivity index (χ1n) is 5.64. The van der Waals surface area contributed by atoms with Gasteiger partial charge in [-0.15, -0.1) is 0 Å². The summed E-state index contributed by atoms with van der Waals surface area (Å²) in [6.45, 7) is 2.18. The minimum atomic E-state index is -0.459. The van der Waals surface area contributed by atoms with E-state index in [1.165, 1.54) is 19.3 Å². The summed E-state index contributed by atoms with van der Waals surface area (Å²) < 4.78 is 1.78. The molecule has 1 rings (SSSR count). The molecule has 0 aliphatic rings. The van der Waals surface area contributed by atoms with Gasteiger partial charge in [0.2, 0.25) is 0 Å². The Labute approximate surface area is 114 Å². The molecule has 1 aromatic heterocycles. The summed E-state index contributed by atoms with van der Waals surface area (Å²) >= 11 is 6.76. The third-order valence-corrected chi connectivity index (χ3v) is 3.55. The third-order valence-electron chi connectivity index (χ3n) is 2.48. The lowest BCUT2D eigenvalue weighted by Crippen LogP contribution is -2.01. The maximum atomic E-state index is 9.98. The van der Waals surface area contributed by atoms with E-state index in [0.717, 1.165) is 27.5 Å². The van der Waals surface area contributed by atoms with Gasteiger partial charge in [0.1, 0.15) is 0 Å². The van der Waals surface area contributed by atoms with Gasteiger partial charge in [0, 0.05) is 15.1 Å². The van der Waals surface area contributed by atoms with Gasteiger partial charge < -0.3 is 5.11 Å². The average Bonchev–Trinajstić information content (AvgIpc) is 2.24. The molecule has 4 heteroatoms. The van der Waals surface area contributed by atoms with Crippen LogP contribution in [0, 0.1) is 0 Å². The molecular formula is C12H17Br2NO. The van der Waals surface area contributed by atoms with Crippen molar-refractivity contribution >= 4 is 31.9 Å². The normalized spacial score (nSPS) is 12.8. The minimum absolute atomic E-state index is 0.459. The standard InChI is InChI=1S/C12H17Br2NO/c1-2-3-4-5-6-11(16)12-10(14)7-9(13)8-15-12/h7-8,11,16H,2-6H2,1H3. The molecule has 0 spiro atoms. The highest BCUT2D eigenvalue weighted by Gasteiger charge is 2.12. The van der Waals surface area contributed by atoms with E-state index in [-0.39, 0.29) is 0 Å². The molecule has 0 saturated heterocycles. The number of unbranched alkanes of at least 4 members (excludes halogenated alkanes) is 3. The maximum absolute atomic E-state index is 9.98. The molecule has 1 atom stereocenters. The molecule has 1 N–H and O–H groups in total. The van der Waals surface area contributed by atoms with Gasteiger partial charge in [-0.2, -0.15) is 0 Å². The van der Waals surface area contributed by atoms with Gasteiger partial charge in [0.05, 0.1) is 11.8 Å². The first kappa shape index (κ1) is 14.1. The van der Waals surface area contributed by atoms with Crippen molar-refractivity contribution in [2.45, 2.75) is 45.1 Å². The summed E-state index contributed by atoms with van der Waals surface area (Å²) in [6.07, 6.45) is 6.74. The van der Waals surface area contributed by atoms with Crippen molar-refractivity contribution in [3.63, 3.8) is 0 Å². The van der Waals surface area contributed by atoms with Crippen LogP contribution in [-0.4, -0.2) is 10.1 Å². The second kappa shape index (κ2) is 7.41. The van der Waals surface area contributed by atoms with E-state index in [0.29, 0.717) is 0 Å². The zero-order chi connectivity index (χ0) is 12.0. The van der Waals surface area contributed by atoms with Crippen LogP contribution in [0.15, 0.2) is 21.2 Å². The van der Waals surface area contributed by atoms with Crippen LogP contribution in [0.2, 0.25) is 0 Å². The molecule has 0 saturated carbocycles. The quantitative estimate of drug-likeness (QED) is 0.760. The Morgan fingerprint density at radius 3 is 2.69 bits per heavy atom. The number of rotatable bonds is 6. The molecule has 1 aromatic rings. The molecule has 0 radical (unpaired) electrons. The zero-order valence-corrected chi connectivity index (χ0v) is 12.6. The fourth-order valence-corrected chi connectivity index (χ4v) is 2.82. The molecule has 0 aliphatic heterocycles. The average molecular weight is 351 g/mol. The summed E-state index contributed by atoms with van der Waals surface area (Å²) in [7, 11) is 0. The van der Waals surface area contributed by atoms with Gasteiger partial charge in [-0.05, 0) is 44.3 Å². The Morgan fingerprint density at radius 2 is 2.06 bits per heavy atom. The molecule has 16 heavy (non-hydrogen) atoms. The molecule has 90 valence electrons. The van der Waals surface area contributed by atoms with Gasteiger partial charge in [-0.1, -0.05) is 32.6 Å². The molecular weight excluding hydrogens is 334 g/mol. The van der Waals surface area contributed by atoms with E-state index in [9.17, 15) is 5.11 Å². The van der Waals surface area contributed by atoms with E-state index < -0.39 is 6.10 Å². The maximum Gasteiger partial charge on any atom is 0.0971 e. The number of hydrogen-bond donors (Lipinski definition) is 1. The Morgan fingerprint density at radius 1 is 1.31 bits per heavy atom. The lowest BCUT2D eigenvalue weighted by molar-refractivity contribution is 0.158. The molecule has 0 fully saturated rings. The highest BCUT2D eigenvalue weighted by molar-refractivity contribution is 9.11. The van der Waals surface area contributed by atoms with Crippen molar-refractivity contribution in [1.29, 1.82) is 0 Å². The number of pyridine rings is 1. The fourth-order valence-electron chi connectivity index (χ4n) is 1.57. The summed E-state index contributed by atoms with van der Waals surface area (Å²) in [5, 5.41) is 9.98. The van der Waals surface area contributed by atoms with Crippen molar-refractivity contribution in [2.75, 3.05) is 0 Å². The summed E-state index contributed by atoms with van der Waals surface area (Å²) in [5.41, 5.74) is 0.736. The first-order chi connectivity index (χ1) is 7.65. The Hall–Kier alpha value is 0.0700. The number of aliphatic hydroxyl groups excluding tert-OH is 1. The number of halogens is 2. The van der Waals surface area contributed by atoms with Crippen LogP contribution in [-0.2, 0) is 0 Å². The topological polar surface area (TPSA) is 33.1 Å². The molecule has 1 heterocycles. The van der Waals surface area contributed by atoms with Crippen LogP contribution in [0.25, 0.3) is 0 Å². The van der Waals surface area contributed by atoms with Gasteiger partial charge >= 0.3 is 0 Å². The van der Waals surface area contributed by atoms with Crippen LogP contribution in [0.1, 0.15) is 50.8 Å². The second-order valence-corrected chi connectivity index (χ2v) is 5.66. The van der Waals surface area contributed by atoms with Crippen molar-refractivity contribution in [2.24, 2.45) is 0 Å². The Kier molecular flexibility index (Phi) is 6.54. The van der Waals surface area contributed by atoms with Crippen molar-refractivity contribution < 1.29 is 5.11 Å². The SMILES string of the molecule is CCCCCCC(O)c1ncc(Br)cc1Br. The van der Waals surface area contributed by atoms with Gasteiger partial charge in [0.25, 0.3) is 0 Å². The summed E-state index contributed by atoms with van der Waals surface area (Å²) in [5.74, 6) is 0. The predicted octanol–water partition coefficient (Wildman–Crippen LogP) is 4.61. The second-order valence-electron chi connectivity index (χ2n) is 3.89. The Balaban J connectivity index is 2.49. The molecule has 0 aliphatic carbocycles. The van der Waals surface area contributed by atoms with Gasteiger partial charge in [-0.25, -0.2) is 0 Å². The summed E-state index contributed by atoms with van der Waals surface area (Å²) in [4.78, 5) is 4.23. The van der Waals surface area contributed by atoms with Crippen LogP contribution in [0.3, 0.4) is 0 Å². The van der Waals surface area contributed by atoms with E-state index in [4.69, 9.17) is 0 Å². The van der Waals surface area contributed by atoms with E-state index in [2.05, 4.69) is 43.8 Å². The molecule has 1 unspecified atom stereocenters.